The lowest BCUT2D eigenvalue weighted by Crippen LogP contribution is -2.15. The second-order valence-electron chi connectivity index (χ2n) is 4.78. The molecule has 0 fully saturated rings. The third-order valence-electron chi connectivity index (χ3n) is 3.49. The van der Waals surface area contributed by atoms with Gasteiger partial charge in [-0.25, -0.2) is 4.98 Å². The number of hydrogen-bond acceptors (Lipinski definition) is 3. The van der Waals surface area contributed by atoms with Crippen LogP contribution in [-0.4, -0.2) is 18.1 Å². The van der Waals surface area contributed by atoms with Crippen molar-refractivity contribution >= 4 is 5.82 Å². The van der Waals surface area contributed by atoms with Crippen molar-refractivity contribution in [2.24, 2.45) is 5.92 Å². The number of nitrogens with zero attached hydrogens (tertiary/aromatic N) is 1. The Balaban J connectivity index is 2.55. The van der Waals surface area contributed by atoms with Crippen LogP contribution in [0.3, 0.4) is 0 Å². The van der Waals surface area contributed by atoms with Crippen LogP contribution in [0.15, 0.2) is 12.1 Å². The molecule has 0 aliphatic rings. The van der Waals surface area contributed by atoms with E-state index < -0.39 is 0 Å². The summed E-state index contributed by atoms with van der Waals surface area (Å²) in [6, 6.07) is 4.25. The van der Waals surface area contributed by atoms with Gasteiger partial charge in [0, 0.05) is 18.8 Å². The Morgan fingerprint density at radius 3 is 2.44 bits per heavy atom. The molecule has 0 spiro atoms. The largest absolute Gasteiger partial charge is 0.370 e. The fraction of sp³-hybridized carbons (Fsp3) is 0.667. The van der Waals surface area contributed by atoms with E-state index in [2.05, 4.69) is 55.4 Å². The van der Waals surface area contributed by atoms with Crippen LogP contribution >= 0.6 is 0 Å². The van der Waals surface area contributed by atoms with Gasteiger partial charge in [0.2, 0.25) is 0 Å². The average Bonchev–Trinajstić information content (AvgIpc) is 2.39. The molecule has 0 aliphatic carbocycles. The first-order chi connectivity index (χ1) is 8.71. The average molecular weight is 249 g/mol. The maximum Gasteiger partial charge on any atom is 0.126 e. The predicted molar refractivity (Wildman–Crippen MR) is 78.9 cm³/mol. The highest BCUT2D eigenvalue weighted by atomic mass is 15.0. The van der Waals surface area contributed by atoms with Gasteiger partial charge in [-0.2, -0.15) is 0 Å². The molecule has 1 aromatic rings. The number of rotatable bonds is 8. The predicted octanol–water partition coefficient (Wildman–Crippen LogP) is 3.35. The summed E-state index contributed by atoms with van der Waals surface area (Å²) in [6.45, 7) is 11.6. The van der Waals surface area contributed by atoms with Crippen molar-refractivity contribution in [2.45, 2.75) is 47.1 Å². The van der Waals surface area contributed by atoms with Crippen LogP contribution in [-0.2, 0) is 6.54 Å². The Labute approximate surface area is 111 Å². The molecule has 0 saturated carbocycles. The zero-order chi connectivity index (χ0) is 13.4. The van der Waals surface area contributed by atoms with E-state index in [-0.39, 0.29) is 0 Å². The Morgan fingerprint density at radius 2 is 1.89 bits per heavy atom. The topological polar surface area (TPSA) is 37.0 Å². The molecule has 1 heterocycles. The second-order valence-corrected chi connectivity index (χ2v) is 4.78. The molecule has 0 aliphatic heterocycles. The normalized spacial score (nSPS) is 10.9. The van der Waals surface area contributed by atoms with Crippen molar-refractivity contribution in [3.63, 3.8) is 0 Å². The zero-order valence-corrected chi connectivity index (χ0v) is 12.2. The monoisotopic (exact) mass is 249 g/mol. The van der Waals surface area contributed by atoms with E-state index in [1.54, 1.807) is 0 Å². The van der Waals surface area contributed by atoms with E-state index in [0.29, 0.717) is 0 Å². The van der Waals surface area contributed by atoms with E-state index in [0.717, 1.165) is 37.1 Å². The van der Waals surface area contributed by atoms with Crippen LogP contribution < -0.4 is 10.6 Å². The van der Waals surface area contributed by atoms with E-state index in [9.17, 15) is 0 Å². The zero-order valence-electron chi connectivity index (χ0n) is 12.2. The minimum Gasteiger partial charge on any atom is -0.370 e. The second kappa shape index (κ2) is 8.09. The van der Waals surface area contributed by atoms with Gasteiger partial charge in [-0.05, 0) is 31.0 Å². The van der Waals surface area contributed by atoms with E-state index in [1.165, 1.54) is 18.4 Å². The van der Waals surface area contributed by atoms with E-state index >= 15 is 0 Å². The van der Waals surface area contributed by atoms with E-state index in [1.807, 2.05) is 0 Å². The molecule has 0 saturated heterocycles. The summed E-state index contributed by atoms with van der Waals surface area (Å²) in [5.41, 5.74) is 2.40. The first-order valence-electron chi connectivity index (χ1n) is 7.12. The van der Waals surface area contributed by atoms with Crippen LogP contribution in [0.1, 0.15) is 44.9 Å². The molecule has 3 nitrogen and oxygen atoms in total. The van der Waals surface area contributed by atoms with Gasteiger partial charge in [-0.15, -0.1) is 0 Å². The SMILES string of the molecule is CCNCc1ccc(NCC(CC)CC)nc1C. The highest BCUT2D eigenvalue weighted by Crippen LogP contribution is 2.13. The Morgan fingerprint density at radius 1 is 1.17 bits per heavy atom. The maximum atomic E-state index is 4.62. The van der Waals surface area contributed by atoms with Crippen LogP contribution in [0, 0.1) is 12.8 Å². The van der Waals surface area contributed by atoms with Crippen molar-refractivity contribution in [1.29, 1.82) is 0 Å². The minimum absolute atomic E-state index is 0.744. The molecule has 0 unspecified atom stereocenters. The summed E-state index contributed by atoms with van der Waals surface area (Å²) in [6.07, 6.45) is 2.45. The highest BCUT2D eigenvalue weighted by Gasteiger charge is 2.05. The summed E-state index contributed by atoms with van der Waals surface area (Å²) in [5.74, 6) is 1.74. The summed E-state index contributed by atoms with van der Waals surface area (Å²) >= 11 is 0. The Hall–Kier alpha value is -1.09. The van der Waals surface area contributed by atoms with E-state index in [4.69, 9.17) is 0 Å². The minimum atomic E-state index is 0.744. The van der Waals surface area contributed by atoms with Crippen LogP contribution in [0.25, 0.3) is 0 Å². The summed E-state index contributed by atoms with van der Waals surface area (Å²) < 4.78 is 0. The fourth-order valence-corrected chi connectivity index (χ4v) is 1.96. The lowest BCUT2D eigenvalue weighted by Gasteiger charge is -2.15. The molecule has 2 N–H and O–H groups in total. The lowest BCUT2D eigenvalue weighted by atomic mass is 10.0. The number of hydrogen-bond donors (Lipinski definition) is 2. The van der Waals surface area contributed by atoms with Crippen molar-refractivity contribution in [1.82, 2.24) is 10.3 Å². The first-order valence-corrected chi connectivity index (χ1v) is 7.12. The quantitative estimate of drug-likeness (QED) is 0.742. The van der Waals surface area contributed by atoms with Gasteiger partial charge in [0.25, 0.3) is 0 Å². The van der Waals surface area contributed by atoms with Gasteiger partial charge in [-0.3, -0.25) is 0 Å². The maximum absolute atomic E-state index is 4.62. The Kier molecular flexibility index (Phi) is 6.73. The molecule has 0 amide bonds. The van der Waals surface area contributed by atoms with Gasteiger partial charge in [0.15, 0.2) is 0 Å². The molecule has 1 rings (SSSR count). The third-order valence-corrected chi connectivity index (χ3v) is 3.49. The van der Waals surface area contributed by atoms with Gasteiger partial charge in [-0.1, -0.05) is 39.7 Å². The van der Waals surface area contributed by atoms with Crippen molar-refractivity contribution in [3.8, 4) is 0 Å². The highest BCUT2D eigenvalue weighted by molar-refractivity contribution is 5.38. The molecule has 0 radical (unpaired) electrons. The molecule has 0 atom stereocenters. The van der Waals surface area contributed by atoms with Crippen LogP contribution in [0.2, 0.25) is 0 Å². The van der Waals surface area contributed by atoms with Gasteiger partial charge < -0.3 is 10.6 Å². The van der Waals surface area contributed by atoms with Gasteiger partial charge in [0.1, 0.15) is 5.82 Å². The number of nitrogens with one attached hydrogen (secondary N) is 2. The summed E-state index contributed by atoms with van der Waals surface area (Å²) in [4.78, 5) is 4.62. The van der Waals surface area contributed by atoms with Gasteiger partial charge in [0.05, 0.1) is 0 Å². The third kappa shape index (κ3) is 4.65. The number of pyridine rings is 1. The Bertz CT molecular complexity index is 346. The first kappa shape index (κ1) is 15.0. The van der Waals surface area contributed by atoms with Crippen LogP contribution in [0.4, 0.5) is 5.82 Å². The number of anilines is 1. The molecule has 102 valence electrons. The smallest absolute Gasteiger partial charge is 0.126 e. The van der Waals surface area contributed by atoms with Crippen molar-refractivity contribution in [3.05, 3.63) is 23.4 Å². The molecule has 18 heavy (non-hydrogen) atoms. The molecule has 0 bridgehead atoms. The molecule has 3 heteroatoms. The van der Waals surface area contributed by atoms with Crippen LogP contribution in [0.5, 0.6) is 0 Å². The molecular formula is C15H27N3. The summed E-state index contributed by atoms with van der Waals surface area (Å²) in [7, 11) is 0. The van der Waals surface area contributed by atoms with Crippen molar-refractivity contribution < 1.29 is 0 Å². The molecule has 0 aromatic carbocycles. The molecular weight excluding hydrogens is 222 g/mol. The number of aromatic nitrogens is 1. The fourth-order valence-electron chi connectivity index (χ4n) is 1.96. The number of aryl methyl sites for hydroxylation is 1. The molecule has 1 aromatic heterocycles. The van der Waals surface area contributed by atoms with Crippen molar-refractivity contribution in [2.75, 3.05) is 18.4 Å². The van der Waals surface area contributed by atoms with Gasteiger partial charge >= 0.3 is 0 Å². The summed E-state index contributed by atoms with van der Waals surface area (Å²) in [5, 5.41) is 6.77. The lowest BCUT2D eigenvalue weighted by molar-refractivity contribution is 0.518. The standard InChI is InChI=1S/C15H27N3/c1-5-13(6-2)10-17-15-9-8-14(11-16-7-3)12(4)18-15/h8-9,13,16H,5-7,10-11H2,1-4H3,(H,17,18).